The van der Waals surface area contributed by atoms with Crippen LogP contribution in [0.1, 0.15) is 49.4 Å². The third-order valence-electron chi connectivity index (χ3n) is 7.01. The zero-order valence-electron chi connectivity index (χ0n) is 18.0. The van der Waals surface area contributed by atoms with Crippen LogP contribution in [0.15, 0.2) is 42.9 Å². The molecule has 2 heterocycles. The van der Waals surface area contributed by atoms with Crippen molar-refractivity contribution < 1.29 is 18.1 Å². The van der Waals surface area contributed by atoms with E-state index >= 15 is 0 Å². The molecule has 170 valence electrons. The Morgan fingerprint density at radius 1 is 1.25 bits per heavy atom. The highest BCUT2D eigenvalue weighted by atomic mass is 32.2. The van der Waals surface area contributed by atoms with Crippen LogP contribution in [0.5, 0.6) is 0 Å². The van der Waals surface area contributed by atoms with Crippen LogP contribution in [0.25, 0.3) is 11.0 Å². The molecule has 0 unspecified atom stereocenters. The topological polar surface area (TPSA) is 121 Å². The van der Waals surface area contributed by atoms with Crippen LogP contribution in [0, 0.1) is 0 Å². The highest BCUT2D eigenvalue weighted by Gasteiger charge is 2.48. The Hall–Kier alpha value is -2.53. The SMILES string of the molecule is CN([C@H]1C[C@@H](n2ccc3c(N[C@H]4CCc5ccccc54)ncnc32)C[C@]1(C)O)S(=O)(=O)O. The standard InChI is InChI=1S/C22H27N5O4S/c1-22(28)12-15(11-19(22)26(2)32(29,30)31)27-10-9-17-20(23-13-24-21(17)27)25-18-8-7-14-5-3-4-6-16(14)18/h3-6,9-10,13,15,18-19,28H,7-8,11-12H2,1-2H3,(H,23,24,25)(H,29,30,31)/t15-,18+,19+,22+/m1/s1. The number of rotatable bonds is 5. The average Bonchev–Trinajstić information content (AvgIpc) is 3.42. The Labute approximate surface area is 187 Å². The molecule has 2 aliphatic carbocycles. The number of fused-ring (bicyclic) bond motifs is 2. The summed E-state index contributed by atoms with van der Waals surface area (Å²) < 4.78 is 35.6. The molecule has 1 saturated carbocycles. The Balaban J connectivity index is 1.44. The molecule has 10 heteroatoms. The number of hydrogen-bond acceptors (Lipinski definition) is 6. The van der Waals surface area contributed by atoms with Crippen molar-refractivity contribution in [3.63, 3.8) is 0 Å². The first-order chi connectivity index (χ1) is 15.1. The molecule has 2 aliphatic rings. The molecule has 0 bridgehead atoms. The van der Waals surface area contributed by atoms with Crippen LogP contribution < -0.4 is 5.32 Å². The Morgan fingerprint density at radius 2 is 2.03 bits per heavy atom. The quantitative estimate of drug-likeness (QED) is 0.504. The van der Waals surface area contributed by atoms with Gasteiger partial charge in [0.15, 0.2) is 0 Å². The van der Waals surface area contributed by atoms with Gasteiger partial charge in [0.1, 0.15) is 17.8 Å². The van der Waals surface area contributed by atoms with Crippen molar-refractivity contribution in [1.82, 2.24) is 18.8 Å². The molecular formula is C22H27N5O4S. The second kappa shape index (κ2) is 7.51. The highest BCUT2D eigenvalue weighted by molar-refractivity contribution is 7.83. The minimum absolute atomic E-state index is 0.174. The van der Waals surface area contributed by atoms with Crippen LogP contribution in [0.4, 0.5) is 5.82 Å². The number of likely N-dealkylation sites (N-methyl/N-ethyl adjacent to an activating group) is 1. The maximum atomic E-state index is 11.6. The molecule has 32 heavy (non-hydrogen) atoms. The van der Waals surface area contributed by atoms with Gasteiger partial charge in [-0.2, -0.15) is 12.7 Å². The third kappa shape index (κ3) is 3.57. The van der Waals surface area contributed by atoms with Gasteiger partial charge in [0.2, 0.25) is 0 Å². The van der Waals surface area contributed by atoms with E-state index in [2.05, 4.69) is 39.6 Å². The molecule has 5 rings (SSSR count). The summed E-state index contributed by atoms with van der Waals surface area (Å²) in [6.07, 6.45) is 6.16. The summed E-state index contributed by atoms with van der Waals surface area (Å²) in [5.74, 6) is 0.756. The summed E-state index contributed by atoms with van der Waals surface area (Å²) in [5.41, 5.74) is 2.09. The van der Waals surface area contributed by atoms with Gasteiger partial charge in [-0.15, -0.1) is 0 Å². The van der Waals surface area contributed by atoms with Gasteiger partial charge in [0.25, 0.3) is 0 Å². The second-order valence-electron chi connectivity index (χ2n) is 9.08. The Morgan fingerprint density at radius 3 is 2.81 bits per heavy atom. The van der Waals surface area contributed by atoms with Gasteiger partial charge in [0.05, 0.1) is 23.1 Å². The molecule has 9 nitrogen and oxygen atoms in total. The van der Waals surface area contributed by atoms with E-state index < -0.39 is 21.9 Å². The van der Waals surface area contributed by atoms with Crippen molar-refractivity contribution in [2.75, 3.05) is 12.4 Å². The number of aromatic nitrogens is 3. The van der Waals surface area contributed by atoms with Crippen LogP contribution in [-0.4, -0.2) is 55.6 Å². The number of hydrogen-bond donors (Lipinski definition) is 3. The summed E-state index contributed by atoms with van der Waals surface area (Å²) in [6.45, 7) is 1.60. The Bertz CT molecular complexity index is 1270. The lowest BCUT2D eigenvalue weighted by molar-refractivity contribution is 0.0156. The zero-order chi connectivity index (χ0) is 22.7. The monoisotopic (exact) mass is 457 g/mol. The van der Waals surface area contributed by atoms with E-state index in [9.17, 15) is 18.1 Å². The fourth-order valence-electron chi connectivity index (χ4n) is 5.37. The summed E-state index contributed by atoms with van der Waals surface area (Å²) >= 11 is 0. The minimum atomic E-state index is -4.41. The van der Waals surface area contributed by atoms with E-state index in [4.69, 9.17) is 0 Å². The molecule has 0 saturated heterocycles. The molecule has 0 amide bonds. The molecule has 4 atom stereocenters. The summed E-state index contributed by atoms with van der Waals surface area (Å²) in [6, 6.07) is 9.65. The number of aliphatic hydroxyl groups is 1. The van der Waals surface area contributed by atoms with Gasteiger partial charge >= 0.3 is 10.3 Å². The van der Waals surface area contributed by atoms with E-state index in [1.807, 2.05) is 16.8 Å². The summed E-state index contributed by atoms with van der Waals surface area (Å²) in [4.78, 5) is 8.96. The third-order valence-corrected chi connectivity index (χ3v) is 7.99. The van der Waals surface area contributed by atoms with E-state index in [0.717, 1.165) is 34.0 Å². The van der Waals surface area contributed by atoms with Gasteiger partial charge in [-0.25, -0.2) is 9.97 Å². The molecular weight excluding hydrogens is 430 g/mol. The molecule has 0 radical (unpaired) electrons. The van der Waals surface area contributed by atoms with Crippen molar-refractivity contribution >= 4 is 27.2 Å². The smallest absolute Gasteiger partial charge is 0.336 e. The predicted molar refractivity (Wildman–Crippen MR) is 121 cm³/mol. The first-order valence-electron chi connectivity index (χ1n) is 10.7. The van der Waals surface area contributed by atoms with Crippen molar-refractivity contribution in [2.24, 2.45) is 0 Å². The lowest BCUT2D eigenvalue weighted by Gasteiger charge is -2.30. The van der Waals surface area contributed by atoms with Gasteiger partial charge in [-0.3, -0.25) is 4.55 Å². The second-order valence-corrected chi connectivity index (χ2v) is 10.5. The number of anilines is 1. The zero-order valence-corrected chi connectivity index (χ0v) is 18.8. The predicted octanol–water partition coefficient (Wildman–Crippen LogP) is 2.72. The van der Waals surface area contributed by atoms with Crippen LogP contribution in [0.2, 0.25) is 0 Å². The fraction of sp³-hybridized carbons (Fsp3) is 0.455. The number of nitrogens with one attached hydrogen (secondary N) is 1. The summed E-state index contributed by atoms with van der Waals surface area (Å²) in [7, 11) is -3.12. The first kappa shape index (κ1) is 21.3. The van der Waals surface area contributed by atoms with Crippen molar-refractivity contribution in [2.45, 2.75) is 56.3 Å². The van der Waals surface area contributed by atoms with Crippen LogP contribution >= 0.6 is 0 Å². The molecule has 3 aromatic rings. The molecule has 2 aromatic heterocycles. The first-order valence-corrected chi connectivity index (χ1v) is 12.1. The van der Waals surface area contributed by atoms with E-state index in [1.54, 1.807) is 6.92 Å². The van der Waals surface area contributed by atoms with Gasteiger partial charge < -0.3 is 15.0 Å². The summed E-state index contributed by atoms with van der Waals surface area (Å²) in [5, 5.41) is 15.3. The van der Waals surface area contributed by atoms with E-state index in [0.29, 0.717) is 12.8 Å². The van der Waals surface area contributed by atoms with Gasteiger partial charge in [-0.1, -0.05) is 24.3 Å². The molecule has 0 aliphatic heterocycles. The lowest BCUT2D eigenvalue weighted by Crippen LogP contribution is -2.47. The van der Waals surface area contributed by atoms with Crippen molar-refractivity contribution in [3.05, 3.63) is 54.0 Å². The van der Waals surface area contributed by atoms with Crippen molar-refractivity contribution in [1.29, 1.82) is 0 Å². The fourth-order valence-corrected chi connectivity index (χ4v) is 6.01. The van der Waals surface area contributed by atoms with E-state index in [1.165, 1.54) is 24.5 Å². The molecule has 1 fully saturated rings. The number of benzene rings is 1. The lowest BCUT2D eigenvalue weighted by atomic mass is 10.0. The minimum Gasteiger partial charge on any atom is -0.388 e. The number of nitrogens with zero attached hydrogens (tertiary/aromatic N) is 4. The van der Waals surface area contributed by atoms with Crippen molar-refractivity contribution in [3.8, 4) is 0 Å². The van der Waals surface area contributed by atoms with Gasteiger partial charge in [-0.05, 0) is 49.8 Å². The molecule has 3 N–H and O–H groups in total. The Kier molecular flexibility index (Phi) is 5.01. The van der Waals surface area contributed by atoms with Crippen LogP contribution in [0.3, 0.4) is 0 Å². The normalized spacial score (nSPS) is 27.8. The molecule has 0 spiro atoms. The maximum Gasteiger partial charge on any atom is 0.336 e. The molecule has 1 aromatic carbocycles. The average molecular weight is 458 g/mol. The highest BCUT2D eigenvalue weighted by Crippen LogP contribution is 2.42. The largest absolute Gasteiger partial charge is 0.388 e. The number of aryl methyl sites for hydroxylation is 1. The van der Waals surface area contributed by atoms with Gasteiger partial charge in [0, 0.05) is 19.3 Å². The van der Waals surface area contributed by atoms with Crippen LogP contribution in [-0.2, 0) is 16.7 Å². The maximum absolute atomic E-state index is 11.6. The van der Waals surface area contributed by atoms with E-state index in [-0.39, 0.29) is 12.1 Å².